The maximum absolute atomic E-state index is 5.67. The summed E-state index contributed by atoms with van der Waals surface area (Å²) in [5.41, 5.74) is 5.62. The zero-order valence-electron chi connectivity index (χ0n) is 17.4. The maximum Gasteiger partial charge on any atom is 0.163 e. The number of anilines is 2. The molecule has 5 aromatic rings. The predicted molar refractivity (Wildman–Crippen MR) is 121 cm³/mol. The van der Waals surface area contributed by atoms with Crippen molar-refractivity contribution in [2.75, 3.05) is 18.5 Å². The number of benzene rings is 1. The topological polar surface area (TPSA) is 78.5 Å². The molecule has 158 valence electrons. The summed E-state index contributed by atoms with van der Waals surface area (Å²) in [5.74, 6) is 2.24. The number of ether oxygens (including phenoxy) is 2. The highest BCUT2D eigenvalue weighted by Gasteiger charge is 2.13. The monoisotopic (exact) mass is 424 g/mol. The predicted octanol–water partition coefficient (Wildman–Crippen LogP) is 4.31. The van der Waals surface area contributed by atoms with E-state index < -0.39 is 0 Å². The summed E-state index contributed by atoms with van der Waals surface area (Å²) >= 11 is 0. The third-order valence-electron chi connectivity index (χ3n) is 5.38. The molecular weight excluding hydrogens is 404 g/mol. The molecule has 0 spiro atoms. The van der Waals surface area contributed by atoms with Gasteiger partial charge in [-0.15, -0.1) is 0 Å². The summed E-state index contributed by atoms with van der Waals surface area (Å²) in [4.78, 5) is 9.39. The Bertz CT molecular complexity index is 1440. The van der Waals surface area contributed by atoms with Crippen LogP contribution in [0.1, 0.15) is 0 Å². The Labute approximate surface area is 184 Å². The van der Waals surface area contributed by atoms with Crippen LogP contribution in [0.2, 0.25) is 0 Å². The Morgan fingerprint density at radius 1 is 0.938 bits per heavy atom. The third kappa shape index (κ3) is 3.31. The van der Waals surface area contributed by atoms with Crippen LogP contribution in [0, 0.1) is 0 Å². The van der Waals surface area contributed by atoms with Crippen LogP contribution in [0.4, 0.5) is 11.5 Å². The van der Waals surface area contributed by atoms with E-state index in [1.165, 1.54) is 0 Å². The molecule has 0 saturated carbocycles. The van der Waals surface area contributed by atoms with E-state index in [9.17, 15) is 0 Å². The van der Waals surface area contributed by atoms with E-state index in [4.69, 9.17) is 14.5 Å². The van der Waals surface area contributed by atoms with E-state index >= 15 is 0 Å². The highest BCUT2D eigenvalue weighted by molar-refractivity contribution is 5.70. The number of nitrogens with zero attached hydrogens (tertiary/aromatic N) is 5. The average molecular weight is 424 g/mol. The van der Waals surface area contributed by atoms with Crippen molar-refractivity contribution >= 4 is 17.2 Å². The summed E-state index contributed by atoms with van der Waals surface area (Å²) in [6.45, 7) is 1.13. The summed E-state index contributed by atoms with van der Waals surface area (Å²) in [6, 6.07) is 15.8. The number of pyridine rings is 2. The van der Waals surface area contributed by atoms with Gasteiger partial charge in [0, 0.05) is 36.8 Å². The molecule has 0 amide bonds. The Hall–Kier alpha value is -4.33. The zero-order valence-corrected chi connectivity index (χ0v) is 17.4. The minimum Gasteiger partial charge on any atom is -0.486 e. The van der Waals surface area contributed by atoms with Crippen molar-refractivity contribution < 1.29 is 9.47 Å². The number of aromatic nitrogens is 5. The van der Waals surface area contributed by atoms with Crippen LogP contribution < -0.4 is 14.8 Å². The molecule has 5 heterocycles. The highest BCUT2D eigenvalue weighted by Crippen LogP contribution is 2.33. The van der Waals surface area contributed by atoms with Crippen molar-refractivity contribution in [1.82, 2.24) is 24.1 Å². The van der Waals surface area contributed by atoms with Crippen LogP contribution in [-0.2, 0) is 7.05 Å². The van der Waals surface area contributed by atoms with Crippen LogP contribution >= 0.6 is 0 Å². The van der Waals surface area contributed by atoms with Gasteiger partial charge in [0.25, 0.3) is 0 Å². The Kier molecular flexibility index (Phi) is 4.28. The first-order valence-electron chi connectivity index (χ1n) is 10.3. The summed E-state index contributed by atoms with van der Waals surface area (Å²) in [5, 5.41) is 7.60. The largest absolute Gasteiger partial charge is 0.486 e. The third-order valence-corrected chi connectivity index (χ3v) is 5.38. The van der Waals surface area contributed by atoms with Gasteiger partial charge in [-0.1, -0.05) is 6.07 Å². The van der Waals surface area contributed by atoms with Gasteiger partial charge in [0.2, 0.25) is 0 Å². The van der Waals surface area contributed by atoms with Gasteiger partial charge in [-0.05, 0) is 42.0 Å². The summed E-state index contributed by atoms with van der Waals surface area (Å²) in [6.07, 6.45) is 7.70. The smallest absolute Gasteiger partial charge is 0.163 e. The van der Waals surface area contributed by atoms with E-state index in [0.717, 1.165) is 51.2 Å². The SMILES string of the molecule is Cn1cc(-c2ccn3c(-c4cccc(Nc5ccc6c(c5)OCCO6)n4)cnc3c2)cn1. The first-order valence-corrected chi connectivity index (χ1v) is 10.3. The number of imidazole rings is 1. The van der Waals surface area contributed by atoms with E-state index in [0.29, 0.717) is 13.2 Å². The van der Waals surface area contributed by atoms with Gasteiger partial charge >= 0.3 is 0 Å². The zero-order chi connectivity index (χ0) is 21.5. The second kappa shape index (κ2) is 7.42. The molecule has 0 aliphatic carbocycles. The highest BCUT2D eigenvalue weighted by atomic mass is 16.6. The van der Waals surface area contributed by atoms with Crippen LogP contribution in [0.25, 0.3) is 28.2 Å². The van der Waals surface area contributed by atoms with Gasteiger partial charge in [0.15, 0.2) is 11.5 Å². The Morgan fingerprint density at radius 3 is 2.72 bits per heavy atom. The molecule has 0 bridgehead atoms. The second-order valence-electron chi connectivity index (χ2n) is 7.58. The maximum atomic E-state index is 5.67. The molecule has 1 aliphatic rings. The molecule has 0 unspecified atom stereocenters. The standard InChI is InChI=1S/C24H20N6O2/c1-29-15-17(13-26-29)16-7-8-30-20(14-25-24(30)11-16)19-3-2-4-23(28-19)27-18-5-6-21-22(12-18)32-10-9-31-21/h2-8,11-15H,9-10H2,1H3,(H,27,28). The molecule has 0 radical (unpaired) electrons. The van der Waals surface area contributed by atoms with Crippen LogP contribution in [0.5, 0.6) is 11.5 Å². The van der Waals surface area contributed by atoms with Crippen molar-refractivity contribution in [2.45, 2.75) is 0 Å². The van der Waals surface area contributed by atoms with E-state index in [1.807, 2.05) is 72.6 Å². The number of nitrogens with one attached hydrogen (secondary N) is 1. The number of rotatable bonds is 4. The molecule has 0 atom stereocenters. The lowest BCUT2D eigenvalue weighted by molar-refractivity contribution is 0.171. The fourth-order valence-corrected chi connectivity index (χ4v) is 3.84. The molecule has 1 aromatic carbocycles. The molecular formula is C24H20N6O2. The fraction of sp³-hybridized carbons (Fsp3) is 0.125. The van der Waals surface area contributed by atoms with Crippen molar-refractivity contribution in [2.24, 2.45) is 7.05 Å². The van der Waals surface area contributed by atoms with Crippen molar-refractivity contribution in [3.8, 4) is 34.0 Å². The van der Waals surface area contributed by atoms with Gasteiger partial charge in [0.05, 0.1) is 23.8 Å². The summed E-state index contributed by atoms with van der Waals surface area (Å²) < 4.78 is 15.1. The van der Waals surface area contributed by atoms with Crippen LogP contribution in [0.15, 0.2) is 73.3 Å². The number of hydrogen-bond donors (Lipinski definition) is 1. The molecule has 1 N–H and O–H groups in total. The Balaban J connectivity index is 1.30. The first kappa shape index (κ1) is 18.4. The molecule has 8 nitrogen and oxygen atoms in total. The van der Waals surface area contributed by atoms with Crippen molar-refractivity contribution in [1.29, 1.82) is 0 Å². The summed E-state index contributed by atoms with van der Waals surface area (Å²) in [7, 11) is 1.91. The number of fused-ring (bicyclic) bond motifs is 2. The van der Waals surface area contributed by atoms with Gasteiger partial charge in [0.1, 0.15) is 24.7 Å². The van der Waals surface area contributed by atoms with Crippen LogP contribution in [-0.4, -0.2) is 37.4 Å². The molecule has 32 heavy (non-hydrogen) atoms. The van der Waals surface area contributed by atoms with E-state index in [1.54, 1.807) is 4.68 Å². The second-order valence-corrected chi connectivity index (χ2v) is 7.58. The Morgan fingerprint density at radius 2 is 1.84 bits per heavy atom. The molecule has 6 rings (SSSR count). The van der Waals surface area contributed by atoms with Gasteiger partial charge in [-0.2, -0.15) is 5.10 Å². The fourth-order valence-electron chi connectivity index (χ4n) is 3.84. The lowest BCUT2D eigenvalue weighted by Crippen LogP contribution is -2.15. The van der Waals surface area contributed by atoms with Crippen molar-refractivity contribution in [3.63, 3.8) is 0 Å². The lowest BCUT2D eigenvalue weighted by Gasteiger charge is -2.19. The first-order chi connectivity index (χ1) is 15.7. The quantitative estimate of drug-likeness (QED) is 0.463. The van der Waals surface area contributed by atoms with Gasteiger partial charge in [-0.3, -0.25) is 9.08 Å². The number of hydrogen-bond acceptors (Lipinski definition) is 6. The van der Waals surface area contributed by atoms with Gasteiger partial charge < -0.3 is 14.8 Å². The number of aryl methyl sites for hydroxylation is 1. The lowest BCUT2D eigenvalue weighted by atomic mass is 10.1. The van der Waals surface area contributed by atoms with E-state index in [2.05, 4.69) is 27.5 Å². The normalized spacial score (nSPS) is 12.8. The van der Waals surface area contributed by atoms with Gasteiger partial charge in [-0.25, -0.2) is 9.97 Å². The molecule has 0 saturated heterocycles. The van der Waals surface area contributed by atoms with E-state index in [-0.39, 0.29) is 0 Å². The molecule has 4 aromatic heterocycles. The molecule has 8 heteroatoms. The van der Waals surface area contributed by atoms with Crippen LogP contribution in [0.3, 0.4) is 0 Å². The minimum atomic E-state index is 0.557. The average Bonchev–Trinajstić information content (AvgIpc) is 3.45. The minimum absolute atomic E-state index is 0.557. The van der Waals surface area contributed by atoms with Crippen molar-refractivity contribution in [3.05, 3.63) is 73.3 Å². The molecule has 0 fully saturated rings. The molecule has 1 aliphatic heterocycles.